The van der Waals surface area contributed by atoms with Gasteiger partial charge in [-0.15, -0.1) is 5.48 Å². The summed E-state index contributed by atoms with van der Waals surface area (Å²) in [6, 6.07) is 0. The first kappa shape index (κ1) is 7.92. The van der Waals surface area contributed by atoms with Gasteiger partial charge in [-0.1, -0.05) is 20.8 Å². The van der Waals surface area contributed by atoms with E-state index in [1.807, 2.05) is 0 Å². The maximum atomic E-state index is 8.11. The molecule has 8 heavy (non-hydrogen) atoms. The molecule has 1 unspecified atom stereocenters. The second-order valence-corrected chi connectivity index (χ2v) is 2.55. The number of hydrogen-bond acceptors (Lipinski definition) is 1. The fourth-order valence-corrected chi connectivity index (χ4v) is 0.340. The highest BCUT2D eigenvalue weighted by Gasteiger charge is 2.04. The molecule has 1 radical (unpaired) electrons. The van der Waals surface area contributed by atoms with Crippen LogP contribution in [0.5, 0.6) is 0 Å². The third-order valence-corrected chi connectivity index (χ3v) is 1.51. The van der Waals surface area contributed by atoms with Gasteiger partial charge >= 0.3 is 0 Å². The second kappa shape index (κ2) is 3.87. The van der Waals surface area contributed by atoms with Crippen molar-refractivity contribution in [1.29, 1.82) is 0 Å². The van der Waals surface area contributed by atoms with E-state index >= 15 is 0 Å². The molecule has 2 heteroatoms. The average molecular weight is 116 g/mol. The molecule has 0 aliphatic carbocycles. The summed E-state index contributed by atoms with van der Waals surface area (Å²) in [6.07, 6.45) is 0. The van der Waals surface area contributed by atoms with Crippen molar-refractivity contribution in [2.75, 3.05) is 6.54 Å². The summed E-state index contributed by atoms with van der Waals surface area (Å²) in [4.78, 5) is 0. The van der Waals surface area contributed by atoms with Crippen LogP contribution in [-0.2, 0) is 0 Å². The molecule has 0 aliphatic heterocycles. The molecule has 2 nitrogen and oxygen atoms in total. The zero-order valence-corrected chi connectivity index (χ0v) is 5.76. The maximum Gasteiger partial charge on any atom is 0.0452 e. The smallest absolute Gasteiger partial charge is 0.0452 e. The van der Waals surface area contributed by atoms with Crippen LogP contribution >= 0.6 is 0 Å². The Hall–Kier alpha value is -0.0800. The third-order valence-electron chi connectivity index (χ3n) is 1.51. The average Bonchev–Trinajstić information content (AvgIpc) is 1.67. The molecule has 0 spiro atoms. The molecule has 0 heterocycles. The van der Waals surface area contributed by atoms with Crippen LogP contribution < -0.4 is 5.48 Å². The summed E-state index contributed by atoms with van der Waals surface area (Å²) < 4.78 is 0. The van der Waals surface area contributed by atoms with Gasteiger partial charge in [-0.2, -0.15) is 0 Å². The Morgan fingerprint density at radius 3 is 2.00 bits per heavy atom. The summed E-state index contributed by atoms with van der Waals surface area (Å²) >= 11 is 0. The number of hydroxylamine groups is 1. The molecule has 0 saturated heterocycles. The van der Waals surface area contributed by atoms with Gasteiger partial charge in [0, 0.05) is 6.54 Å². The Morgan fingerprint density at radius 1 is 1.38 bits per heavy atom. The Bertz CT molecular complexity index is 54.5. The second-order valence-electron chi connectivity index (χ2n) is 2.55. The maximum absolute atomic E-state index is 8.11. The summed E-state index contributed by atoms with van der Waals surface area (Å²) in [5, 5.41) is 8.11. The molecule has 0 saturated carbocycles. The number of hydrogen-bond donors (Lipinski definition) is 1. The fraction of sp³-hybridized carbons (Fsp3) is 1.00. The van der Waals surface area contributed by atoms with Crippen molar-refractivity contribution < 1.29 is 5.21 Å². The zero-order chi connectivity index (χ0) is 6.57. The predicted molar refractivity (Wildman–Crippen MR) is 32.8 cm³/mol. The molecule has 1 atom stereocenters. The van der Waals surface area contributed by atoms with Gasteiger partial charge in [-0.25, -0.2) is 0 Å². The molecule has 0 fully saturated rings. The van der Waals surface area contributed by atoms with Gasteiger partial charge in [0.05, 0.1) is 0 Å². The molecule has 0 amide bonds. The quantitative estimate of drug-likeness (QED) is 0.553. The van der Waals surface area contributed by atoms with Gasteiger partial charge in [-0.05, 0) is 11.8 Å². The first-order valence-corrected chi connectivity index (χ1v) is 2.99. The highest BCUT2D eigenvalue weighted by molar-refractivity contribution is 4.55. The van der Waals surface area contributed by atoms with Crippen molar-refractivity contribution in [2.24, 2.45) is 11.8 Å². The van der Waals surface area contributed by atoms with Crippen LogP contribution in [0.4, 0.5) is 0 Å². The molecule has 49 valence electrons. The van der Waals surface area contributed by atoms with Crippen molar-refractivity contribution in [3.63, 3.8) is 0 Å². The van der Waals surface area contributed by atoms with Gasteiger partial charge < -0.3 is 0 Å². The van der Waals surface area contributed by atoms with Gasteiger partial charge in [0.25, 0.3) is 0 Å². The Kier molecular flexibility index (Phi) is 3.83. The molecule has 0 aliphatic rings. The van der Waals surface area contributed by atoms with Crippen molar-refractivity contribution in [1.82, 2.24) is 5.48 Å². The molecule has 0 aromatic heterocycles. The van der Waals surface area contributed by atoms with Crippen molar-refractivity contribution in [2.45, 2.75) is 20.8 Å². The first-order chi connectivity index (χ1) is 3.68. The topological polar surface area (TPSA) is 34.3 Å². The molecular formula is C6H14NO. The van der Waals surface area contributed by atoms with Crippen LogP contribution in [0.25, 0.3) is 0 Å². The van der Waals surface area contributed by atoms with E-state index < -0.39 is 0 Å². The summed E-state index contributed by atoms with van der Waals surface area (Å²) in [7, 11) is 0. The van der Waals surface area contributed by atoms with E-state index in [9.17, 15) is 0 Å². The van der Waals surface area contributed by atoms with E-state index in [4.69, 9.17) is 5.21 Å². The normalized spacial score (nSPS) is 14.6. The molecule has 0 aromatic carbocycles. The summed E-state index contributed by atoms with van der Waals surface area (Å²) in [5.74, 6) is 1.12. The largest absolute Gasteiger partial charge is 0.297 e. The standard InChI is InChI=1S/C6H14NO/c1-5(2)6(3)4-7-8/h5-6,8H,4H2,1-3H3. The number of nitrogens with zero attached hydrogens (tertiary/aromatic N) is 1. The number of rotatable bonds is 3. The molecule has 1 N–H and O–H groups in total. The summed E-state index contributed by atoms with van der Waals surface area (Å²) in [6.45, 7) is 6.88. The van der Waals surface area contributed by atoms with E-state index in [2.05, 4.69) is 26.3 Å². The lowest BCUT2D eigenvalue weighted by Gasteiger charge is -2.11. The molecular weight excluding hydrogens is 102 g/mol. The Morgan fingerprint density at radius 2 is 1.88 bits per heavy atom. The molecule has 0 bridgehead atoms. The van der Waals surface area contributed by atoms with E-state index in [0.29, 0.717) is 18.4 Å². The lowest BCUT2D eigenvalue weighted by atomic mass is 9.99. The Labute approximate surface area is 50.9 Å². The molecule has 0 aromatic rings. The van der Waals surface area contributed by atoms with Gasteiger partial charge in [0.15, 0.2) is 0 Å². The minimum Gasteiger partial charge on any atom is -0.297 e. The van der Waals surface area contributed by atoms with E-state index in [1.54, 1.807) is 0 Å². The van der Waals surface area contributed by atoms with Crippen molar-refractivity contribution >= 4 is 0 Å². The SMILES string of the molecule is CC(C)C(C)C[N]O. The lowest BCUT2D eigenvalue weighted by molar-refractivity contribution is 0.131. The van der Waals surface area contributed by atoms with Gasteiger partial charge in [0.1, 0.15) is 0 Å². The Balaban J connectivity index is 3.17. The predicted octanol–water partition coefficient (Wildman–Crippen LogP) is 1.27. The molecule has 0 rings (SSSR count). The minimum atomic E-state index is 0.500. The van der Waals surface area contributed by atoms with Crippen LogP contribution in [0.15, 0.2) is 0 Å². The van der Waals surface area contributed by atoms with Crippen LogP contribution in [0.2, 0.25) is 0 Å². The third kappa shape index (κ3) is 2.99. The van der Waals surface area contributed by atoms with E-state index in [0.717, 1.165) is 0 Å². The monoisotopic (exact) mass is 116 g/mol. The summed E-state index contributed by atoms with van der Waals surface area (Å²) in [5.41, 5.74) is 3.06. The van der Waals surface area contributed by atoms with Crippen molar-refractivity contribution in [3.8, 4) is 0 Å². The van der Waals surface area contributed by atoms with Gasteiger partial charge in [-0.3, -0.25) is 5.21 Å². The van der Waals surface area contributed by atoms with E-state index in [1.165, 1.54) is 0 Å². The van der Waals surface area contributed by atoms with E-state index in [-0.39, 0.29) is 0 Å². The lowest BCUT2D eigenvalue weighted by Crippen LogP contribution is -2.15. The van der Waals surface area contributed by atoms with Gasteiger partial charge in [0.2, 0.25) is 0 Å². The zero-order valence-electron chi connectivity index (χ0n) is 5.76. The van der Waals surface area contributed by atoms with Crippen LogP contribution in [-0.4, -0.2) is 11.8 Å². The van der Waals surface area contributed by atoms with Crippen LogP contribution in [0, 0.1) is 11.8 Å². The highest BCUT2D eigenvalue weighted by Crippen LogP contribution is 2.06. The fourth-order valence-electron chi connectivity index (χ4n) is 0.340. The minimum absolute atomic E-state index is 0.500. The highest BCUT2D eigenvalue weighted by atomic mass is 16.5. The first-order valence-electron chi connectivity index (χ1n) is 2.99. The van der Waals surface area contributed by atoms with Crippen LogP contribution in [0.3, 0.4) is 0 Å². The van der Waals surface area contributed by atoms with Crippen molar-refractivity contribution in [3.05, 3.63) is 0 Å². The van der Waals surface area contributed by atoms with Crippen LogP contribution in [0.1, 0.15) is 20.8 Å².